The van der Waals surface area contributed by atoms with Gasteiger partial charge in [-0.25, -0.2) is 0 Å². The Bertz CT molecular complexity index is 753. The van der Waals surface area contributed by atoms with Gasteiger partial charge in [0.15, 0.2) is 0 Å². The third-order valence-electron chi connectivity index (χ3n) is 3.35. The number of hydrogen-bond donors (Lipinski definition) is 1. The van der Waals surface area contributed by atoms with Gasteiger partial charge in [-0.1, -0.05) is 29.8 Å². The monoisotopic (exact) mass is 282 g/mol. The molecule has 0 unspecified atom stereocenters. The molecule has 1 N–H and O–H groups in total. The Morgan fingerprint density at radius 1 is 1.10 bits per heavy atom. The van der Waals surface area contributed by atoms with E-state index in [0.717, 1.165) is 22.5 Å². The number of rotatable bonds is 3. The van der Waals surface area contributed by atoms with E-state index in [1.165, 1.54) is 16.7 Å². The number of aromatic nitrogens is 1. The van der Waals surface area contributed by atoms with Gasteiger partial charge in [-0.15, -0.1) is 0 Å². The van der Waals surface area contributed by atoms with Crippen molar-refractivity contribution in [3.8, 4) is 11.1 Å². The van der Waals surface area contributed by atoms with Crippen molar-refractivity contribution in [1.82, 2.24) is 10.3 Å². The SMILES string of the molecule is CNCc1cc(Cl)ccc1-c1ccc2ncccc2c1. The Morgan fingerprint density at radius 2 is 2.00 bits per heavy atom. The van der Waals surface area contributed by atoms with E-state index >= 15 is 0 Å². The van der Waals surface area contributed by atoms with Crippen LogP contribution in [-0.2, 0) is 6.54 Å². The number of fused-ring (bicyclic) bond motifs is 1. The van der Waals surface area contributed by atoms with Crippen LogP contribution < -0.4 is 5.32 Å². The zero-order chi connectivity index (χ0) is 13.9. The van der Waals surface area contributed by atoms with Gasteiger partial charge in [0.2, 0.25) is 0 Å². The molecular weight excluding hydrogens is 268 g/mol. The third-order valence-corrected chi connectivity index (χ3v) is 3.58. The Balaban J connectivity index is 2.14. The van der Waals surface area contributed by atoms with Crippen molar-refractivity contribution in [2.45, 2.75) is 6.54 Å². The lowest BCUT2D eigenvalue weighted by molar-refractivity contribution is 0.819. The van der Waals surface area contributed by atoms with Crippen LogP contribution in [0.2, 0.25) is 5.02 Å². The topological polar surface area (TPSA) is 24.9 Å². The fraction of sp³-hybridized carbons (Fsp3) is 0.118. The molecule has 0 atom stereocenters. The number of nitrogens with zero attached hydrogens (tertiary/aromatic N) is 1. The van der Waals surface area contributed by atoms with Crippen LogP contribution in [-0.4, -0.2) is 12.0 Å². The van der Waals surface area contributed by atoms with Gasteiger partial charge in [0.25, 0.3) is 0 Å². The summed E-state index contributed by atoms with van der Waals surface area (Å²) in [6.07, 6.45) is 1.82. The molecule has 2 aromatic carbocycles. The average molecular weight is 283 g/mol. The van der Waals surface area contributed by atoms with Crippen molar-refractivity contribution >= 4 is 22.5 Å². The molecule has 0 amide bonds. The van der Waals surface area contributed by atoms with Gasteiger partial charge in [-0.2, -0.15) is 0 Å². The first-order valence-electron chi connectivity index (χ1n) is 6.56. The van der Waals surface area contributed by atoms with E-state index in [0.29, 0.717) is 0 Å². The van der Waals surface area contributed by atoms with Crippen LogP contribution in [0.3, 0.4) is 0 Å². The van der Waals surface area contributed by atoms with Crippen LogP contribution in [0.5, 0.6) is 0 Å². The molecule has 0 bridgehead atoms. The van der Waals surface area contributed by atoms with Crippen LogP contribution in [0.1, 0.15) is 5.56 Å². The van der Waals surface area contributed by atoms with Gasteiger partial charge >= 0.3 is 0 Å². The fourth-order valence-corrected chi connectivity index (χ4v) is 2.62. The molecule has 0 fully saturated rings. The molecule has 0 radical (unpaired) electrons. The van der Waals surface area contributed by atoms with E-state index in [4.69, 9.17) is 11.6 Å². The van der Waals surface area contributed by atoms with E-state index in [2.05, 4.69) is 40.6 Å². The Hall–Kier alpha value is -1.90. The van der Waals surface area contributed by atoms with E-state index in [-0.39, 0.29) is 0 Å². The highest BCUT2D eigenvalue weighted by Crippen LogP contribution is 2.28. The third kappa shape index (κ3) is 2.53. The van der Waals surface area contributed by atoms with Gasteiger partial charge in [-0.3, -0.25) is 4.98 Å². The smallest absolute Gasteiger partial charge is 0.0702 e. The lowest BCUT2D eigenvalue weighted by Crippen LogP contribution is -2.06. The Labute approximate surface area is 123 Å². The van der Waals surface area contributed by atoms with Gasteiger partial charge in [0.05, 0.1) is 5.52 Å². The van der Waals surface area contributed by atoms with E-state index in [1.807, 2.05) is 31.4 Å². The minimum atomic E-state index is 0.765. The summed E-state index contributed by atoms with van der Waals surface area (Å²) in [6.45, 7) is 0.793. The average Bonchev–Trinajstić information content (AvgIpc) is 2.47. The molecule has 20 heavy (non-hydrogen) atoms. The van der Waals surface area contributed by atoms with Crippen LogP contribution in [0, 0.1) is 0 Å². The quantitative estimate of drug-likeness (QED) is 0.776. The molecule has 0 saturated heterocycles. The first-order chi connectivity index (χ1) is 9.78. The maximum Gasteiger partial charge on any atom is 0.0702 e. The minimum absolute atomic E-state index is 0.765. The molecule has 2 nitrogen and oxygen atoms in total. The Morgan fingerprint density at radius 3 is 2.85 bits per heavy atom. The van der Waals surface area contributed by atoms with E-state index < -0.39 is 0 Å². The van der Waals surface area contributed by atoms with Crippen molar-refractivity contribution in [1.29, 1.82) is 0 Å². The van der Waals surface area contributed by atoms with Crippen molar-refractivity contribution in [2.24, 2.45) is 0 Å². The van der Waals surface area contributed by atoms with Gasteiger partial charge in [-0.05, 0) is 54.1 Å². The molecule has 3 aromatic rings. The number of hydrogen-bond acceptors (Lipinski definition) is 2. The molecule has 0 aliphatic rings. The van der Waals surface area contributed by atoms with E-state index in [1.54, 1.807) is 0 Å². The van der Waals surface area contributed by atoms with Crippen LogP contribution in [0.4, 0.5) is 0 Å². The number of nitrogens with one attached hydrogen (secondary N) is 1. The second-order valence-electron chi connectivity index (χ2n) is 4.74. The molecular formula is C17H15ClN2. The standard InChI is InChI=1S/C17H15ClN2/c1-19-11-14-10-15(18)5-6-16(14)12-4-7-17-13(9-12)3-2-8-20-17/h2-10,19H,11H2,1H3. The summed E-state index contributed by atoms with van der Waals surface area (Å²) in [5.41, 5.74) is 4.60. The van der Waals surface area contributed by atoms with Crippen LogP contribution in [0.25, 0.3) is 22.0 Å². The molecule has 1 heterocycles. The summed E-state index contributed by atoms with van der Waals surface area (Å²) < 4.78 is 0. The first kappa shape index (κ1) is 13.1. The van der Waals surface area contributed by atoms with Gasteiger partial charge < -0.3 is 5.32 Å². The molecule has 0 spiro atoms. The molecule has 0 saturated carbocycles. The highest BCUT2D eigenvalue weighted by Gasteiger charge is 2.06. The van der Waals surface area contributed by atoms with Crippen molar-refractivity contribution < 1.29 is 0 Å². The summed E-state index contributed by atoms with van der Waals surface area (Å²) >= 11 is 6.10. The number of benzene rings is 2. The number of pyridine rings is 1. The molecule has 3 heteroatoms. The summed E-state index contributed by atoms with van der Waals surface area (Å²) in [5.74, 6) is 0. The summed E-state index contributed by atoms with van der Waals surface area (Å²) in [7, 11) is 1.94. The fourth-order valence-electron chi connectivity index (χ4n) is 2.42. The summed E-state index contributed by atoms with van der Waals surface area (Å²) in [4.78, 5) is 4.36. The maximum absolute atomic E-state index is 6.10. The zero-order valence-electron chi connectivity index (χ0n) is 11.2. The highest BCUT2D eigenvalue weighted by molar-refractivity contribution is 6.30. The predicted octanol–water partition coefficient (Wildman–Crippen LogP) is 4.27. The largest absolute Gasteiger partial charge is 0.316 e. The van der Waals surface area contributed by atoms with Crippen LogP contribution >= 0.6 is 11.6 Å². The lowest BCUT2D eigenvalue weighted by Gasteiger charge is -2.11. The summed E-state index contributed by atoms with van der Waals surface area (Å²) in [6, 6.07) is 16.4. The lowest BCUT2D eigenvalue weighted by atomic mass is 9.98. The summed E-state index contributed by atoms with van der Waals surface area (Å²) in [5, 5.41) is 5.10. The second-order valence-corrected chi connectivity index (χ2v) is 5.18. The molecule has 1 aromatic heterocycles. The van der Waals surface area contributed by atoms with Gasteiger partial charge in [0, 0.05) is 23.2 Å². The van der Waals surface area contributed by atoms with E-state index in [9.17, 15) is 0 Å². The zero-order valence-corrected chi connectivity index (χ0v) is 12.0. The molecule has 0 aliphatic carbocycles. The molecule has 0 aliphatic heterocycles. The predicted molar refractivity (Wildman–Crippen MR) is 85.0 cm³/mol. The van der Waals surface area contributed by atoms with Crippen molar-refractivity contribution in [2.75, 3.05) is 7.05 Å². The van der Waals surface area contributed by atoms with Crippen molar-refractivity contribution in [3.05, 3.63) is 65.3 Å². The maximum atomic E-state index is 6.10. The minimum Gasteiger partial charge on any atom is -0.316 e. The number of halogens is 1. The first-order valence-corrected chi connectivity index (χ1v) is 6.94. The Kier molecular flexibility index (Phi) is 3.68. The molecule has 100 valence electrons. The van der Waals surface area contributed by atoms with Gasteiger partial charge in [0.1, 0.15) is 0 Å². The van der Waals surface area contributed by atoms with Crippen molar-refractivity contribution in [3.63, 3.8) is 0 Å². The highest BCUT2D eigenvalue weighted by atomic mass is 35.5. The molecule has 3 rings (SSSR count). The van der Waals surface area contributed by atoms with Crippen LogP contribution in [0.15, 0.2) is 54.7 Å². The normalized spacial score (nSPS) is 10.9. The second kappa shape index (κ2) is 5.61.